The highest BCUT2D eigenvalue weighted by molar-refractivity contribution is 5.70. The van der Waals surface area contributed by atoms with E-state index in [1.54, 1.807) is 0 Å². The van der Waals surface area contributed by atoms with Crippen LogP contribution in [0.2, 0.25) is 0 Å². The maximum absolute atomic E-state index is 2.43. The maximum Gasteiger partial charge on any atom is 0.213 e. The van der Waals surface area contributed by atoms with Crippen molar-refractivity contribution in [1.29, 1.82) is 0 Å². The molecule has 0 saturated heterocycles. The van der Waals surface area contributed by atoms with Gasteiger partial charge < -0.3 is 0 Å². The number of rotatable bonds is 3. The summed E-state index contributed by atoms with van der Waals surface area (Å²) in [5, 5.41) is 0. The Balaban J connectivity index is 1.69. The standard InChI is InChI=1S/C26H30N/c1-19-11-13-21(14-12-19)22-8-6-9-23(17-22)24-15-16-27(3)26(18-24)25-10-5-4-7-20(25)2/h4-10,15-19,21H,11-14H2,1-3H3/q+1. The van der Waals surface area contributed by atoms with Gasteiger partial charge in [-0.2, -0.15) is 0 Å². The van der Waals surface area contributed by atoms with Crippen LogP contribution in [-0.4, -0.2) is 0 Å². The quantitative estimate of drug-likeness (QED) is 0.475. The Labute approximate surface area is 163 Å². The molecule has 1 aliphatic rings. The van der Waals surface area contributed by atoms with Gasteiger partial charge in [0.25, 0.3) is 0 Å². The van der Waals surface area contributed by atoms with E-state index in [4.69, 9.17) is 0 Å². The van der Waals surface area contributed by atoms with Gasteiger partial charge in [-0.3, -0.25) is 0 Å². The van der Waals surface area contributed by atoms with E-state index in [0.717, 1.165) is 11.8 Å². The molecule has 1 saturated carbocycles. The Morgan fingerprint density at radius 2 is 1.56 bits per heavy atom. The molecule has 1 fully saturated rings. The van der Waals surface area contributed by atoms with Crippen LogP contribution < -0.4 is 4.57 Å². The minimum Gasteiger partial charge on any atom is -0.201 e. The lowest BCUT2D eigenvalue weighted by Gasteiger charge is -2.26. The molecule has 2 aromatic carbocycles. The van der Waals surface area contributed by atoms with E-state index in [-0.39, 0.29) is 0 Å². The fourth-order valence-electron chi connectivity index (χ4n) is 4.44. The summed E-state index contributed by atoms with van der Waals surface area (Å²) < 4.78 is 2.22. The van der Waals surface area contributed by atoms with Crippen LogP contribution in [0.15, 0.2) is 66.9 Å². The van der Waals surface area contributed by atoms with Gasteiger partial charge in [0, 0.05) is 17.7 Å². The average Bonchev–Trinajstić information content (AvgIpc) is 2.70. The Morgan fingerprint density at radius 1 is 0.815 bits per heavy atom. The van der Waals surface area contributed by atoms with Crippen molar-refractivity contribution in [3.05, 3.63) is 78.0 Å². The molecule has 0 spiro atoms. The van der Waals surface area contributed by atoms with E-state index in [1.165, 1.54) is 59.2 Å². The summed E-state index contributed by atoms with van der Waals surface area (Å²) in [5.41, 5.74) is 8.04. The molecule has 138 valence electrons. The summed E-state index contributed by atoms with van der Waals surface area (Å²) in [6, 6.07) is 22.5. The molecule has 0 aliphatic heterocycles. The van der Waals surface area contributed by atoms with Crippen molar-refractivity contribution in [2.24, 2.45) is 13.0 Å². The predicted octanol–water partition coefficient (Wildman–Crippen LogP) is 6.45. The molecule has 0 radical (unpaired) electrons. The molecule has 0 unspecified atom stereocenters. The Morgan fingerprint density at radius 3 is 2.33 bits per heavy atom. The predicted molar refractivity (Wildman–Crippen MR) is 114 cm³/mol. The van der Waals surface area contributed by atoms with Crippen LogP contribution in [0.25, 0.3) is 22.4 Å². The second-order valence-corrected chi connectivity index (χ2v) is 8.31. The van der Waals surface area contributed by atoms with E-state index < -0.39 is 0 Å². The summed E-state index contributed by atoms with van der Waals surface area (Å²) in [5.74, 6) is 1.63. The molecule has 1 aromatic heterocycles. The van der Waals surface area contributed by atoms with Crippen molar-refractivity contribution in [3.63, 3.8) is 0 Å². The van der Waals surface area contributed by atoms with Gasteiger partial charge in [0.2, 0.25) is 5.69 Å². The summed E-state index contributed by atoms with van der Waals surface area (Å²) >= 11 is 0. The lowest BCUT2D eigenvalue weighted by molar-refractivity contribution is -0.660. The molecule has 1 nitrogen and oxygen atoms in total. The largest absolute Gasteiger partial charge is 0.213 e. The molecule has 1 heteroatoms. The third-order valence-corrected chi connectivity index (χ3v) is 6.28. The molecule has 3 aromatic rings. The van der Waals surface area contributed by atoms with Crippen molar-refractivity contribution in [3.8, 4) is 22.4 Å². The van der Waals surface area contributed by atoms with E-state index in [9.17, 15) is 0 Å². The number of benzene rings is 2. The minimum atomic E-state index is 0.733. The van der Waals surface area contributed by atoms with Crippen LogP contribution >= 0.6 is 0 Å². The van der Waals surface area contributed by atoms with Crippen molar-refractivity contribution in [2.75, 3.05) is 0 Å². The lowest BCUT2D eigenvalue weighted by Crippen LogP contribution is -2.30. The number of hydrogen-bond donors (Lipinski definition) is 0. The summed E-state index contributed by atoms with van der Waals surface area (Å²) in [4.78, 5) is 0. The van der Waals surface area contributed by atoms with Crippen LogP contribution in [0.3, 0.4) is 0 Å². The first-order valence-electron chi connectivity index (χ1n) is 10.3. The molecule has 0 amide bonds. The molecule has 0 bridgehead atoms. The van der Waals surface area contributed by atoms with Gasteiger partial charge >= 0.3 is 0 Å². The highest BCUT2D eigenvalue weighted by atomic mass is 14.9. The Hall–Kier alpha value is -2.41. The van der Waals surface area contributed by atoms with Gasteiger partial charge in [-0.15, -0.1) is 0 Å². The van der Waals surface area contributed by atoms with Gasteiger partial charge in [0.05, 0.1) is 0 Å². The third kappa shape index (κ3) is 3.83. The number of hydrogen-bond acceptors (Lipinski definition) is 0. The normalized spacial score (nSPS) is 19.8. The fraction of sp³-hybridized carbons (Fsp3) is 0.346. The number of aromatic nitrogens is 1. The first-order valence-corrected chi connectivity index (χ1v) is 10.3. The molecule has 27 heavy (non-hydrogen) atoms. The van der Waals surface area contributed by atoms with Crippen molar-refractivity contribution >= 4 is 0 Å². The van der Waals surface area contributed by atoms with E-state index in [2.05, 4.69) is 92.3 Å². The van der Waals surface area contributed by atoms with Crippen molar-refractivity contribution in [1.82, 2.24) is 0 Å². The van der Waals surface area contributed by atoms with Crippen LogP contribution in [-0.2, 0) is 7.05 Å². The van der Waals surface area contributed by atoms with Crippen molar-refractivity contribution < 1.29 is 4.57 Å². The zero-order valence-corrected chi connectivity index (χ0v) is 16.8. The van der Waals surface area contributed by atoms with Crippen LogP contribution in [0.1, 0.15) is 49.7 Å². The first-order chi connectivity index (χ1) is 13.1. The SMILES string of the molecule is Cc1ccccc1-c1cc(-c2cccc(C3CCC(C)CC3)c2)cc[n+]1C. The molecule has 0 N–H and O–H groups in total. The summed E-state index contributed by atoms with van der Waals surface area (Å²) in [6.45, 7) is 4.58. The van der Waals surface area contributed by atoms with Gasteiger partial charge in [-0.05, 0) is 59.9 Å². The molecular weight excluding hydrogens is 326 g/mol. The highest BCUT2D eigenvalue weighted by Gasteiger charge is 2.20. The molecule has 1 heterocycles. The highest BCUT2D eigenvalue weighted by Crippen LogP contribution is 2.37. The third-order valence-electron chi connectivity index (χ3n) is 6.28. The lowest BCUT2D eigenvalue weighted by atomic mass is 9.79. The van der Waals surface area contributed by atoms with Crippen molar-refractivity contribution in [2.45, 2.75) is 45.4 Å². The Kier molecular flexibility index (Phi) is 5.11. The second kappa shape index (κ2) is 7.68. The minimum absolute atomic E-state index is 0.733. The number of aryl methyl sites for hydroxylation is 2. The average molecular weight is 357 g/mol. The first kappa shape index (κ1) is 18.0. The van der Waals surface area contributed by atoms with E-state index in [1.807, 2.05) is 0 Å². The van der Waals surface area contributed by atoms with Crippen LogP contribution in [0, 0.1) is 12.8 Å². The molecule has 4 rings (SSSR count). The van der Waals surface area contributed by atoms with E-state index >= 15 is 0 Å². The maximum atomic E-state index is 2.43. The fourth-order valence-corrected chi connectivity index (χ4v) is 4.44. The van der Waals surface area contributed by atoms with Gasteiger partial charge in [0.1, 0.15) is 7.05 Å². The number of nitrogens with zero attached hydrogens (tertiary/aromatic N) is 1. The summed E-state index contributed by atoms with van der Waals surface area (Å²) in [6.07, 6.45) is 7.60. The van der Waals surface area contributed by atoms with Gasteiger partial charge in [-0.1, -0.05) is 62.2 Å². The van der Waals surface area contributed by atoms with Gasteiger partial charge in [0.15, 0.2) is 6.20 Å². The topological polar surface area (TPSA) is 3.88 Å². The summed E-state index contributed by atoms with van der Waals surface area (Å²) in [7, 11) is 2.13. The zero-order chi connectivity index (χ0) is 18.8. The molecular formula is C26H30N+. The van der Waals surface area contributed by atoms with Gasteiger partial charge in [-0.25, -0.2) is 4.57 Å². The number of pyridine rings is 1. The van der Waals surface area contributed by atoms with E-state index in [0.29, 0.717) is 0 Å². The van der Waals surface area contributed by atoms with Crippen LogP contribution in [0.4, 0.5) is 0 Å². The molecule has 0 atom stereocenters. The van der Waals surface area contributed by atoms with Crippen LogP contribution in [0.5, 0.6) is 0 Å². The molecule has 1 aliphatic carbocycles. The Bertz CT molecular complexity index is 932. The second-order valence-electron chi connectivity index (χ2n) is 8.31. The smallest absolute Gasteiger partial charge is 0.201 e. The zero-order valence-electron chi connectivity index (χ0n) is 16.8. The monoisotopic (exact) mass is 356 g/mol.